The number of hydrogen-bond donors (Lipinski definition) is 3. The minimum atomic E-state index is -1.41. The Morgan fingerprint density at radius 2 is 1.73 bits per heavy atom. The number of aliphatic hydroxyl groups excluding tert-OH is 1. The number of rotatable bonds is 10. The molecule has 0 aromatic heterocycles. The van der Waals surface area contributed by atoms with Crippen LogP contribution in [0.3, 0.4) is 0 Å². The summed E-state index contributed by atoms with van der Waals surface area (Å²) in [5.74, 6) is 0.939. The van der Waals surface area contributed by atoms with Crippen LogP contribution in [0.25, 0.3) is 0 Å². The molecule has 10 rings (SSSR count). The van der Waals surface area contributed by atoms with E-state index in [0.29, 0.717) is 81.7 Å². The van der Waals surface area contributed by atoms with Gasteiger partial charge < -0.3 is 43.4 Å². The molecule has 3 aromatic rings. The van der Waals surface area contributed by atoms with E-state index in [9.17, 15) is 19.8 Å². The van der Waals surface area contributed by atoms with E-state index < -0.39 is 53.1 Å². The predicted molar refractivity (Wildman–Crippen MR) is 232 cm³/mol. The summed E-state index contributed by atoms with van der Waals surface area (Å²) >= 11 is 1.47. The van der Waals surface area contributed by atoms with Crippen LogP contribution in [0, 0.1) is 13.8 Å². The van der Waals surface area contributed by atoms with E-state index in [2.05, 4.69) is 17.1 Å². The summed E-state index contributed by atoms with van der Waals surface area (Å²) in [6.45, 7) is 7.37. The van der Waals surface area contributed by atoms with Crippen LogP contribution < -0.4 is 33.7 Å². The van der Waals surface area contributed by atoms with Gasteiger partial charge in [0.05, 0.1) is 37.6 Å². The number of piperazine rings is 1. The number of unbranched alkanes of at least 4 members (excludes halogenated alkanes) is 4. The van der Waals surface area contributed by atoms with Gasteiger partial charge in [0.2, 0.25) is 6.79 Å². The van der Waals surface area contributed by atoms with Crippen LogP contribution in [0.5, 0.6) is 40.2 Å². The molecular weight excluding hydrogens is 831 g/mol. The van der Waals surface area contributed by atoms with Gasteiger partial charge >= 0.3 is 17.9 Å². The Bertz CT molecular complexity index is 2360. The lowest BCUT2D eigenvalue weighted by Crippen LogP contribution is -2.70. The van der Waals surface area contributed by atoms with E-state index in [1.54, 1.807) is 12.1 Å². The Labute approximate surface area is 371 Å². The van der Waals surface area contributed by atoms with E-state index in [0.717, 1.165) is 48.8 Å². The summed E-state index contributed by atoms with van der Waals surface area (Å²) in [6, 6.07) is 3.29. The fourth-order valence-electron chi connectivity index (χ4n) is 11.1. The summed E-state index contributed by atoms with van der Waals surface area (Å²) in [4.78, 5) is 45.3. The molecule has 0 aliphatic carbocycles. The molecule has 0 amide bonds. The molecule has 1 spiro atoms. The van der Waals surface area contributed by atoms with Crippen molar-refractivity contribution in [1.82, 2.24) is 15.1 Å². The maximum atomic E-state index is 15.0. The Kier molecular flexibility index (Phi) is 11.7. The fraction of sp³-hybridized carbons (Fsp3) is 0.553. The van der Waals surface area contributed by atoms with Crippen molar-refractivity contribution in [3.05, 3.63) is 62.7 Å². The van der Waals surface area contributed by atoms with Crippen molar-refractivity contribution >= 4 is 29.7 Å². The van der Waals surface area contributed by atoms with Gasteiger partial charge in [-0.15, -0.1) is 11.8 Å². The van der Waals surface area contributed by atoms with Gasteiger partial charge in [-0.25, -0.2) is 4.79 Å². The number of phenolic OH excluding ortho intramolecular Hbond substituents is 1. The van der Waals surface area contributed by atoms with E-state index in [1.807, 2.05) is 31.9 Å². The Balaban J connectivity index is 1.20. The SMILES string of the molecule is CCCCCCCC(=O)Oc1cc2c(cc1OC)[C@@]1(CS[C@@H]3c4c(OC(C)=O)c(C)c5c(c4[C@@H](COC1=O)N1C3[C@@H]3c4c(cc(C)c(OC)c4O)C[C@H]([C@@H]1O)N3C)OCO5)NCC2. The maximum absolute atomic E-state index is 15.0. The number of aromatic hydroxyl groups is 1. The van der Waals surface area contributed by atoms with Crippen LogP contribution in [0.2, 0.25) is 0 Å². The van der Waals surface area contributed by atoms with Crippen molar-refractivity contribution in [2.45, 2.75) is 120 Å². The van der Waals surface area contributed by atoms with Gasteiger partial charge in [-0.2, -0.15) is 0 Å². The van der Waals surface area contributed by atoms with Gasteiger partial charge in [0.15, 0.2) is 40.0 Å². The van der Waals surface area contributed by atoms with Gasteiger partial charge in [-0.3, -0.25) is 24.7 Å². The normalized spacial score (nSPS) is 26.8. The number of hydrogen-bond acceptors (Lipinski definition) is 16. The topological polar surface area (TPSA) is 175 Å². The Hall–Kier alpha value is -4.74. The number of likely N-dealkylation sites (N-methyl/N-ethyl adjacent to an activating group) is 1. The van der Waals surface area contributed by atoms with Crippen LogP contribution in [-0.4, -0.2) is 103 Å². The van der Waals surface area contributed by atoms with Gasteiger partial charge in [0.1, 0.15) is 18.6 Å². The molecular formula is C47H57N3O12S. The number of aryl methyl sites for hydroxylation is 1. The first-order valence-corrected chi connectivity index (χ1v) is 23.1. The minimum absolute atomic E-state index is 0.0327. The molecule has 2 saturated heterocycles. The second-order valence-electron chi connectivity index (χ2n) is 17.5. The van der Waals surface area contributed by atoms with Crippen LogP contribution >= 0.6 is 11.8 Å². The highest BCUT2D eigenvalue weighted by molar-refractivity contribution is 7.99. The third kappa shape index (κ3) is 6.98. The second kappa shape index (κ2) is 17.0. The lowest BCUT2D eigenvalue weighted by Gasteiger charge is -2.62. The molecule has 7 heterocycles. The first kappa shape index (κ1) is 43.5. The first-order chi connectivity index (χ1) is 30.3. The average Bonchev–Trinajstić information content (AvgIpc) is 3.75. The number of nitrogens with one attached hydrogen (secondary N) is 1. The molecule has 63 heavy (non-hydrogen) atoms. The molecule has 16 heteroatoms. The van der Waals surface area contributed by atoms with Crippen LogP contribution in [0.15, 0.2) is 18.2 Å². The Morgan fingerprint density at radius 3 is 2.48 bits per heavy atom. The molecule has 3 aromatic carbocycles. The van der Waals surface area contributed by atoms with Crippen LogP contribution in [0.4, 0.5) is 0 Å². The molecule has 0 radical (unpaired) electrons. The third-order valence-electron chi connectivity index (χ3n) is 14.0. The minimum Gasteiger partial charge on any atom is -0.504 e. The highest BCUT2D eigenvalue weighted by Crippen LogP contribution is 2.64. The number of fused-ring (bicyclic) bond motifs is 9. The summed E-state index contributed by atoms with van der Waals surface area (Å²) in [5.41, 5.74) is 4.29. The van der Waals surface area contributed by atoms with Crippen LogP contribution in [-0.2, 0) is 37.5 Å². The number of benzene rings is 3. The highest BCUT2D eigenvalue weighted by Gasteiger charge is 2.61. The lowest BCUT2D eigenvalue weighted by molar-refractivity contribution is -0.186. The zero-order valence-electron chi connectivity index (χ0n) is 37.0. The standard InChI is InChI=1S/C47H57N3O12S/c1-8-9-10-11-12-13-33(52)62-32-18-26-14-15-48-47(28(26)19-31(32)56-6)21-63-44-36-35(43-42(59-22-60-43)24(3)41(36)61-25(4)51)30(20-58-46(47)55)50-38(44)37-34-27(17-29(45(50)54)49(37)5)16-23(2)40(57-7)39(34)53/h16,18-19,29-30,37-38,44-45,48,53-54H,8-15,17,20-22H2,1-7H3/t29-,30-,37+,38?,44-,45+,47-/m1/s1. The smallest absolute Gasteiger partial charge is 0.331 e. The summed E-state index contributed by atoms with van der Waals surface area (Å²) in [5, 5.41) is 27.7. The molecule has 7 aliphatic rings. The van der Waals surface area contributed by atoms with Gasteiger partial charge in [-0.05, 0) is 74.5 Å². The van der Waals surface area contributed by atoms with Crippen molar-refractivity contribution in [3.8, 4) is 40.2 Å². The van der Waals surface area contributed by atoms with E-state index >= 15 is 4.79 Å². The van der Waals surface area contributed by atoms with E-state index in [-0.39, 0.29) is 37.3 Å². The van der Waals surface area contributed by atoms with Gasteiger partial charge in [-0.1, -0.05) is 38.7 Å². The monoisotopic (exact) mass is 887 g/mol. The molecule has 7 atom stereocenters. The zero-order valence-corrected chi connectivity index (χ0v) is 37.8. The van der Waals surface area contributed by atoms with Crippen molar-refractivity contribution in [3.63, 3.8) is 0 Å². The van der Waals surface area contributed by atoms with Crippen molar-refractivity contribution < 1.29 is 57.8 Å². The fourth-order valence-corrected chi connectivity index (χ4v) is 12.8. The number of methoxy groups -OCH3 is 2. The average molecular weight is 888 g/mol. The predicted octanol–water partition coefficient (Wildman–Crippen LogP) is 5.97. The van der Waals surface area contributed by atoms with E-state index in [1.165, 1.54) is 32.9 Å². The zero-order chi connectivity index (χ0) is 44.5. The lowest BCUT2D eigenvalue weighted by atomic mass is 9.73. The number of ether oxygens (including phenoxy) is 7. The molecule has 338 valence electrons. The van der Waals surface area contributed by atoms with Crippen LogP contribution in [0.1, 0.15) is 114 Å². The largest absolute Gasteiger partial charge is 0.504 e. The molecule has 15 nitrogen and oxygen atoms in total. The number of nitrogens with zero attached hydrogens (tertiary/aromatic N) is 2. The number of aliphatic hydroxyl groups is 1. The molecule has 4 bridgehead atoms. The summed E-state index contributed by atoms with van der Waals surface area (Å²) in [6.07, 6.45) is 5.21. The number of phenols is 1. The highest BCUT2D eigenvalue weighted by atomic mass is 32.2. The van der Waals surface area contributed by atoms with Gasteiger partial charge in [0.25, 0.3) is 0 Å². The molecule has 0 saturated carbocycles. The van der Waals surface area contributed by atoms with Crippen molar-refractivity contribution in [2.24, 2.45) is 0 Å². The molecule has 1 unspecified atom stereocenters. The number of thioether (sulfide) groups is 1. The number of carbonyl (C=O) groups excluding carboxylic acids is 3. The van der Waals surface area contributed by atoms with E-state index in [4.69, 9.17) is 33.2 Å². The molecule has 7 aliphatic heterocycles. The second-order valence-corrected chi connectivity index (χ2v) is 18.7. The Morgan fingerprint density at radius 1 is 0.952 bits per heavy atom. The quantitative estimate of drug-likeness (QED) is 0.123. The number of carbonyl (C=O) groups is 3. The van der Waals surface area contributed by atoms with Gasteiger partial charge in [0, 0.05) is 53.9 Å². The van der Waals surface area contributed by atoms with Crippen molar-refractivity contribution in [1.29, 1.82) is 0 Å². The summed E-state index contributed by atoms with van der Waals surface area (Å²) < 4.78 is 42.5. The summed E-state index contributed by atoms with van der Waals surface area (Å²) in [7, 11) is 5.01. The maximum Gasteiger partial charge on any atom is 0.331 e. The number of esters is 3. The third-order valence-corrected chi connectivity index (χ3v) is 15.4. The molecule has 3 N–H and O–H groups in total. The molecule has 2 fully saturated rings. The first-order valence-electron chi connectivity index (χ1n) is 22.0. The van der Waals surface area contributed by atoms with Crippen molar-refractivity contribution in [2.75, 3.05) is 47.0 Å².